The van der Waals surface area contributed by atoms with Crippen molar-refractivity contribution in [3.63, 3.8) is 0 Å². The highest BCUT2D eigenvalue weighted by Gasteiger charge is 2.20. The van der Waals surface area contributed by atoms with Crippen molar-refractivity contribution in [2.75, 3.05) is 12.3 Å². The van der Waals surface area contributed by atoms with Crippen LogP contribution in [0, 0.1) is 16.7 Å². The van der Waals surface area contributed by atoms with Gasteiger partial charge in [-0.05, 0) is 0 Å². The van der Waals surface area contributed by atoms with E-state index in [1.807, 2.05) is 4.90 Å². The summed E-state index contributed by atoms with van der Waals surface area (Å²) in [6.45, 7) is 1.42. The number of amidine groups is 1. The maximum absolute atomic E-state index is 12.6. The second kappa shape index (κ2) is 4.59. The lowest BCUT2D eigenvalue weighted by atomic mass is 10.5. The van der Waals surface area contributed by atoms with Crippen molar-refractivity contribution >= 4 is 28.3 Å². The molecule has 1 aliphatic heterocycles. The smallest absolute Gasteiger partial charge is 0.269 e. The molecule has 7 heteroatoms. The van der Waals surface area contributed by atoms with Gasteiger partial charge in [0.2, 0.25) is 6.19 Å². The second-order valence-corrected chi connectivity index (χ2v) is 4.97. The number of aliphatic imine (C=N–C) groups is 1. The van der Waals surface area contributed by atoms with Crippen LogP contribution in [0.1, 0.15) is 4.88 Å². The first-order valence-corrected chi connectivity index (χ1v) is 6.04. The molecule has 2 rings (SSSR count). The molecule has 1 aromatic heterocycles. The predicted octanol–water partition coefficient (Wildman–Crippen LogP) is 1.67. The van der Waals surface area contributed by atoms with Crippen molar-refractivity contribution in [1.29, 1.82) is 5.26 Å². The number of thioether (sulfide) groups is 1. The summed E-state index contributed by atoms with van der Waals surface area (Å²) in [4.78, 5) is 10.1. The Labute approximate surface area is 94.4 Å². The van der Waals surface area contributed by atoms with Gasteiger partial charge in [0.15, 0.2) is 5.17 Å². The Balaban J connectivity index is 2.06. The van der Waals surface area contributed by atoms with Gasteiger partial charge >= 0.3 is 0 Å². The fraction of sp³-hybridized carbons (Fsp3) is 0.375. The molecule has 1 aliphatic rings. The Morgan fingerprint density at radius 2 is 2.60 bits per heavy atom. The third kappa shape index (κ3) is 2.46. The lowest BCUT2D eigenvalue weighted by molar-refractivity contribution is 0.461. The predicted molar refractivity (Wildman–Crippen MR) is 58.0 cm³/mol. The fourth-order valence-electron chi connectivity index (χ4n) is 1.27. The number of rotatable bonds is 2. The Bertz CT molecular complexity index is 423. The van der Waals surface area contributed by atoms with Gasteiger partial charge in [-0.1, -0.05) is 23.1 Å². The summed E-state index contributed by atoms with van der Waals surface area (Å²) in [6.07, 6.45) is 3.29. The zero-order valence-corrected chi connectivity index (χ0v) is 9.31. The lowest BCUT2D eigenvalue weighted by Crippen LogP contribution is -2.23. The Morgan fingerprint density at radius 1 is 1.73 bits per heavy atom. The van der Waals surface area contributed by atoms with Crippen LogP contribution < -0.4 is 0 Å². The highest BCUT2D eigenvalue weighted by Crippen LogP contribution is 2.22. The largest absolute Gasteiger partial charge is 0.345 e. The Kier molecular flexibility index (Phi) is 3.18. The lowest BCUT2D eigenvalue weighted by Gasteiger charge is -2.14. The number of halogens is 1. The molecule has 1 saturated heterocycles. The van der Waals surface area contributed by atoms with E-state index in [0.717, 1.165) is 28.5 Å². The molecule has 78 valence electrons. The number of hydrogen-bond donors (Lipinski definition) is 0. The van der Waals surface area contributed by atoms with E-state index in [2.05, 4.69) is 9.98 Å². The molecule has 0 radical (unpaired) electrons. The van der Waals surface area contributed by atoms with E-state index in [0.29, 0.717) is 11.7 Å². The van der Waals surface area contributed by atoms with Crippen LogP contribution >= 0.6 is 23.1 Å². The van der Waals surface area contributed by atoms with Crippen LogP contribution in [0.4, 0.5) is 4.39 Å². The SMILES string of the molecule is N#CN=C1SCCN1Cc1cnc(F)s1. The monoisotopic (exact) mass is 242 g/mol. The number of nitrogens with zero attached hydrogens (tertiary/aromatic N) is 4. The molecule has 0 atom stereocenters. The summed E-state index contributed by atoms with van der Waals surface area (Å²) in [7, 11) is 0. The molecule has 0 aromatic carbocycles. The van der Waals surface area contributed by atoms with Crippen LogP contribution in [0.5, 0.6) is 0 Å². The second-order valence-electron chi connectivity index (χ2n) is 2.84. The van der Waals surface area contributed by atoms with Gasteiger partial charge < -0.3 is 4.90 Å². The number of thiazole rings is 1. The summed E-state index contributed by atoms with van der Waals surface area (Å²) in [6, 6.07) is 0. The van der Waals surface area contributed by atoms with Gasteiger partial charge in [-0.15, -0.1) is 4.99 Å². The third-order valence-electron chi connectivity index (χ3n) is 1.88. The Hall–Kier alpha value is -1.13. The van der Waals surface area contributed by atoms with Gasteiger partial charge in [-0.25, -0.2) is 4.98 Å². The molecule has 1 fully saturated rings. The summed E-state index contributed by atoms with van der Waals surface area (Å²) in [5, 5.41) is 8.76. The van der Waals surface area contributed by atoms with Crippen LogP contribution in [0.3, 0.4) is 0 Å². The number of hydrogen-bond acceptors (Lipinski definition) is 5. The maximum Gasteiger partial charge on any atom is 0.269 e. The van der Waals surface area contributed by atoms with E-state index in [9.17, 15) is 4.39 Å². The molecule has 2 heterocycles. The molecule has 0 spiro atoms. The minimum absolute atomic E-state index is 0.421. The van der Waals surface area contributed by atoms with E-state index in [1.54, 1.807) is 18.0 Å². The first-order chi connectivity index (χ1) is 7.29. The van der Waals surface area contributed by atoms with Crippen LogP contribution in [0.25, 0.3) is 0 Å². The van der Waals surface area contributed by atoms with Gasteiger partial charge in [0, 0.05) is 23.4 Å². The average molecular weight is 242 g/mol. The zero-order valence-electron chi connectivity index (χ0n) is 7.68. The van der Waals surface area contributed by atoms with Crippen molar-refractivity contribution < 1.29 is 4.39 Å². The molecule has 0 bridgehead atoms. The zero-order chi connectivity index (χ0) is 10.7. The van der Waals surface area contributed by atoms with Crippen LogP contribution in [-0.2, 0) is 6.54 Å². The quantitative estimate of drug-likeness (QED) is 0.740. The van der Waals surface area contributed by atoms with E-state index in [1.165, 1.54) is 6.20 Å². The Morgan fingerprint density at radius 3 is 3.27 bits per heavy atom. The molecule has 4 nitrogen and oxygen atoms in total. The van der Waals surface area contributed by atoms with Gasteiger partial charge in [0.25, 0.3) is 5.26 Å². The van der Waals surface area contributed by atoms with Crippen LogP contribution in [0.15, 0.2) is 11.2 Å². The first kappa shape index (κ1) is 10.4. The van der Waals surface area contributed by atoms with E-state index in [-0.39, 0.29) is 0 Å². The first-order valence-electron chi connectivity index (χ1n) is 4.24. The summed E-state index contributed by atoms with van der Waals surface area (Å²) >= 11 is 2.57. The molecule has 15 heavy (non-hydrogen) atoms. The average Bonchev–Trinajstić information content (AvgIpc) is 2.78. The van der Waals surface area contributed by atoms with Crippen molar-refractivity contribution in [2.24, 2.45) is 4.99 Å². The van der Waals surface area contributed by atoms with E-state index >= 15 is 0 Å². The standard InChI is InChI=1S/C8H7FN4S2/c9-7-11-3-6(15-7)4-13-1-2-14-8(13)12-5-10/h3H,1-2,4H2. The van der Waals surface area contributed by atoms with Crippen LogP contribution in [0.2, 0.25) is 0 Å². The highest BCUT2D eigenvalue weighted by atomic mass is 32.2. The molecule has 0 aliphatic carbocycles. The maximum atomic E-state index is 12.6. The van der Waals surface area contributed by atoms with Crippen molar-refractivity contribution in [3.8, 4) is 6.19 Å². The van der Waals surface area contributed by atoms with E-state index in [4.69, 9.17) is 5.26 Å². The molecular weight excluding hydrogens is 235 g/mol. The molecule has 0 saturated carbocycles. The number of nitriles is 1. The van der Waals surface area contributed by atoms with Gasteiger partial charge in [-0.3, -0.25) is 0 Å². The molecule has 0 unspecified atom stereocenters. The molecule has 0 amide bonds. The van der Waals surface area contributed by atoms with Crippen molar-refractivity contribution in [2.45, 2.75) is 6.54 Å². The van der Waals surface area contributed by atoms with Crippen molar-refractivity contribution in [3.05, 3.63) is 16.3 Å². The topological polar surface area (TPSA) is 52.3 Å². The number of aromatic nitrogens is 1. The third-order valence-corrected chi connectivity index (χ3v) is 3.65. The molecular formula is C8H7FN4S2. The van der Waals surface area contributed by atoms with E-state index < -0.39 is 5.26 Å². The summed E-state index contributed by atoms with van der Waals surface area (Å²) < 4.78 is 12.6. The fourth-order valence-corrected chi connectivity index (χ4v) is 2.86. The van der Waals surface area contributed by atoms with Crippen molar-refractivity contribution in [1.82, 2.24) is 9.88 Å². The minimum atomic E-state index is -0.421. The summed E-state index contributed by atoms with van der Waals surface area (Å²) in [5.41, 5.74) is 0. The highest BCUT2D eigenvalue weighted by molar-refractivity contribution is 8.14. The van der Waals surface area contributed by atoms with Gasteiger partial charge in [-0.2, -0.15) is 9.65 Å². The van der Waals surface area contributed by atoms with Gasteiger partial charge in [0.1, 0.15) is 0 Å². The van der Waals surface area contributed by atoms with Crippen LogP contribution in [-0.4, -0.2) is 27.3 Å². The molecule has 1 aromatic rings. The normalized spacial score (nSPS) is 18.4. The minimum Gasteiger partial charge on any atom is -0.345 e. The van der Waals surface area contributed by atoms with Gasteiger partial charge in [0.05, 0.1) is 6.54 Å². The summed E-state index contributed by atoms with van der Waals surface area (Å²) in [5.74, 6) is 0.918. The molecule has 0 N–H and O–H groups in total.